The molecule has 0 saturated heterocycles. The quantitative estimate of drug-likeness (QED) is 0.173. The Labute approximate surface area is 66.1 Å². The molecule has 0 bridgehead atoms. The zero-order valence-corrected chi connectivity index (χ0v) is 5.75. The van der Waals surface area contributed by atoms with Crippen LogP contribution in [0.15, 0.2) is 0 Å². The summed E-state index contributed by atoms with van der Waals surface area (Å²) in [5.41, 5.74) is 0. The van der Waals surface area contributed by atoms with E-state index in [0.29, 0.717) is 0 Å². The van der Waals surface area contributed by atoms with Gasteiger partial charge in [0.25, 0.3) is 0 Å². The van der Waals surface area contributed by atoms with E-state index >= 15 is 0 Å². The van der Waals surface area contributed by atoms with E-state index in [9.17, 15) is 4.79 Å². The summed E-state index contributed by atoms with van der Waals surface area (Å²) in [4.78, 5) is 17.1. The second-order valence-electron chi connectivity index (χ2n) is 1.73. The van der Waals surface area contributed by atoms with Gasteiger partial charge in [0, 0.05) is 0 Å². The molecule has 0 spiro atoms. The third kappa shape index (κ3) is 3.09. The van der Waals surface area contributed by atoms with E-state index in [1.54, 1.807) is 0 Å². The standard InChI is InChI=1S/C4H8O8/c5-1-11-12-4(9,10)2(6)3(7)8/h2,5-6,9-10H,1H2,(H,7,8). The number of carbonyl (C=O) groups is 1. The molecule has 0 aliphatic heterocycles. The monoisotopic (exact) mass is 184 g/mol. The van der Waals surface area contributed by atoms with Crippen molar-refractivity contribution in [1.82, 2.24) is 0 Å². The number of carboxylic acids is 1. The van der Waals surface area contributed by atoms with Crippen LogP contribution in [-0.2, 0) is 14.6 Å². The van der Waals surface area contributed by atoms with Crippen molar-refractivity contribution in [3.63, 3.8) is 0 Å². The molecule has 0 fully saturated rings. The second-order valence-corrected chi connectivity index (χ2v) is 1.73. The van der Waals surface area contributed by atoms with Crippen molar-refractivity contribution in [2.75, 3.05) is 6.79 Å². The van der Waals surface area contributed by atoms with Crippen LogP contribution >= 0.6 is 0 Å². The summed E-state index contributed by atoms with van der Waals surface area (Å²) in [6.45, 7) is -1.02. The predicted molar refractivity (Wildman–Crippen MR) is 30.1 cm³/mol. The van der Waals surface area contributed by atoms with Gasteiger partial charge in [-0.1, -0.05) is 0 Å². The molecule has 0 aromatic heterocycles. The normalized spacial score (nSPS) is 14.3. The smallest absolute Gasteiger partial charge is 0.345 e. The lowest BCUT2D eigenvalue weighted by Gasteiger charge is -2.21. The molecule has 12 heavy (non-hydrogen) atoms. The van der Waals surface area contributed by atoms with Gasteiger partial charge in [0.05, 0.1) is 0 Å². The van der Waals surface area contributed by atoms with Gasteiger partial charge in [-0.2, -0.15) is 4.89 Å². The summed E-state index contributed by atoms with van der Waals surface area (Å²) in [6, 6.07) is 0. The van der Waals surface area contributed by atoms with Crippen LogP contribution in [0.2, 0.25) is 0 Å². The van der Waals surface area contributed by atoms with Gasteiger partial charge in [0.15, 0.2) is 6.79 Å². The summed E-state index contributed by atoms with van der Waals surface area (Å²) in [5, 5.41) is 41.6. The fourth-order valence-corrected chi connectivity index (χ4v) is 0.319. The van der Waals surface area contributed by atoms with Gasteiger partial charge in [-0.05, 0) is 0 Å². The molecule has 0 amide bonds. The van der Waals surface area contributed by atoms with E-state index in [2.05, 4.69) is 9.78 Å². The number of aliphatic hydroxyl groups excluding tert-OH is 2. The van der Waals surface area contributed by atoms with E-state index in [1.165, 1.54) is 0 Å². The first-order valence-corrected chi connectivity index (χ1v) is 2.69. The van der Waals surface area contributed by atoms with Gasteiger partial charge >= 0.3 is 11.9 Å². The van der Waals surface area contributed by atoms with Crippen LogP contribution in [0.25, 0.3) is 0 Å². The van der Waals surface area contributed by atoms with Gasteiger partial charge < -0.3 is 25.5 Å². The van der Waals surface area contributed by atoms with E-state index in [0.717, 1.165) is 0 Å². The topological polar surface area (TPSA) is 137 Å². The van der Waals surface area contributed by atoms with E-state index in [4.69, 9.17) is 25.5 Å². The van der Waals surface area contributed by atoms with Crippen LogP contribution in [0, 0.1) is 0 Å². The van der Waals surface area contributed by atoms with E-state index in [1.807, 2.05) is 0 Å². The lowest BCUT2D eigenvalue weighted by atomic mass is 10.3. The van der Waals surface area contributed by atoms with Crippen LogP contribution in [0.5, 0.6) is 0 Å². The van der Waals surface area contributed by atoms with Crippen molar-refractivity contribution in [3.05, 3.63) is 0 Å². The van der Waals surface area contributed by atoms with Crippen molar-refractivity contribution in [1.29, 1.82) is 0 Å². The maximum Gasteiger partial charge on any atom is 0.345 e. The number of aliphatic carboxylic acids is 1. The molecule has 8 heteroatoms. The highest BCUT2D eigenvalue weighted by Gasteiger charge is 2.41. The highest BCUT2D eigenvalue weighted by Crippen LogP contribution is 2.08. The molecule has 0 heterocycles. The Hall–Kier alpha value is -0.770. The summed E-state index contributed by atoms with van der Waals surface area (Å²) in [6.07, 6.45) is -2.59. The average molecular weight is 184 g/mol. The molecule has 0 aromatic rings. The highest BCUT2D eigenvalue weighted by molar-refractivity contribution is 5.72. The van der Waals surface area contributed by atoms with Crippen molar-refractivity contribution < 1.29 is 40.1 Å². The Bertz CT molecular complexity index is 153. The predicted octanol–water partition coefficient (Wildman–Crippen LogP) is -3.03. The fourth-order valence-electron chi connectivity index (χ4n) is 0.319. The van der Waals surface area contributed by atoms with Gasteiger partial charge in [0.1, 0.15) is 0 Å². The molecular formula is C4H8O8. The van der Waals surface area contributed by atoms with Crippen LogP contribution in [0.4, 0.5) is 0 Å². The Morgan fingerprint density at radius 3 is 2.33 bits per heavy atom. The SMILES string of the molecule is O=C(O)C(O)C(O)(O)OOCO. The fraction of sp³-hybridized carbons (Fsp3) is 0.750. The third-order valence-corrected chi connectivity index (χ3v) is 0.824. The number of rotatable bonds is 5. The maximum atomic E-state index is 9.94. The minimum Gasteiger partial charge on any atom is -0.479 e. The number of hydrogen-bond acceptors (Lipinski definition) is 7. The van der Waals surface area contributed by atoms with Crippen LogP contribution < -0.4 is 0 Å². The summed E-state index contributed by atoms with van der Waals surface area (Å²) in [7, 11) is 0. The number of carboxylic acid groups (broad SMARTS) is 1. The summed E-state index contributed by atoms with van der Waals surface area (Å²) in [5.74, 6) is -5.31. The van der Waals surface area contributed by atoms with Crippen molar-refractivity contribution >= 4 is 5.97 Å². The summed E-state index contributed by atoms with van der Waals surface area (Å²) < 4.78 is 0. The average Bonchev–Trinajstić information content (AvgIpc) is 1.99. The molecule has 0 rings (SSSR count). The van der Waals surface area contributed by atoms with Gasteiger partial charge in [-0.15, -0.1) is 0 Å². The largest absolute Gasteiger partial charge is 0.479 e. The third-order valence-electron chi connectivity index (χ3n) is 0.824. The molecule has 8 nitrogen and oxygen atoms in total. The Kier molecular flexibility index (Phi) is 4.03. The molecule has 0 aromatic carbocycles. The number of aliphatic hydroxyl groups is 4. The first-order valence-electron chi connectivity index (χ1n) is 2.69. The Morgan fingerprint density at radius 1 is 1.50 bits per heavy atom. The number of hydrogen-bond donors (Lipinski definition) is 5. The molecule has 5 N–H and O–H groups in total. The Balaban J connectivity index is 4.08. The molecule has 0 saturated carbocycles. The lowest BCUT2D eigenvalue weighted by molar-refractivity contribution is -0.513. The molecule has 72 valence electrons. The molecule has 1 unspecified atom stereocenters. The zero-order chi connectivity index (χ0) is 9.78. The lowest BCUT2D eigenvalue weighted by Crippen LogP contribution is -2.49. The van der Waals surface area contributed by atoms with Crippen LogP contribution in [0.1, 0.15) is 0 Å². The van der Waals surface area contributed by atoms with Gasteiger partial charge in [0.2, 0.25) is 6.10 Å². The molecular weight excluding hydrogens is 176 g/mol. The van der Waals surface area contributed by atoms with E-state index in [-0.39, 0.29) is 0 Å². The molecule has 0 aliphatic rings. The highest BCUT2D eigenvalue weighted by atomic mass is 17.3. The van der Waals surface area contributed by atoms with Crippen LogP contribution in [-0.4, -0.2) is 50.4 Å². The molecule has 0 aliphatic carbocycles. The summed E-state index contributed by atoms with van der Waals surface area (Å²) >= 11 is 0. The van der Waals surface area contributed by atoms with Crippen molar-refractivity contribution in [2.45, 2.75) is 12.1 Å². The van der Waals surface area contributed by atoms with Crippen molar-refractivity contribution in [3.8, 4) is 0 Å². The van der Waals surface area contributed by atoms with E-state index < -0.39 is 24.8 Å². The second kappa shape index (κ2) is 4.30. The van der Waals surface area contributed by atoms with Gasteiger partial charge in [-0.25, -0.2) is 9.68 Å². The first-order chi connectivity index (χ1) is 5.41. The molecule has 1 atom stereocenters. The first kappa shape index (κ1) is 11.2. The van der Waals surface area contributed by atoms with Crippen molar-refractivity contribution in [2.24, 2.45) is 0 Å². The maximum absolute atomic E-state index is 9.94. The van der Waals surface area contributed by atoms with Crippen LogP contribution in [0.3, 0.4) is 0 Å². The van der Waals surface area contributed by atoms with Gasteiger partial charge in [-0.3, -0.25) is 0 Å². The molecule has 0 radical (unpaired) electrons. The minimum atomic E-state index is -3.39. The zero-order valence-electron chi connectivity index (χ0n) is 5.75. The Morgan fingerprint density at radius 2 is 2.00 bits per heavy atom. The minimum absolute atomic E-state index is 1.02.